The molecule has 0 aliphatic heterocycles. The van der Waals surface area contributed by atoms with Gasteiger partial charge in [-0.3, -0.25) is 14.2 Å². The first-order chi connectivity index (χ1) is 14.1. The average molecular weight is 426 g/mol. The van der Waals surface area contributed by atoms with Gasteiger partial charge in [0.05, 0.1) is 11.2 Å². The lowest BCUT2D eigenvalue weighted by Crippen LogP contribution is -2.41. The minimum atomic E-state index is -0.556. The molecule has 1 amide bonds. The van der Waals surface area contributed by atoms with E-state index >= 15 is 0 Å². The Morgan fingerprint density at radius 3 is 2.48 bits per heavy atom. The average Bonchev–Trinajstić information content (AvgIpc) is 3.22. The van der Waals surface area contributed by atoms with Crippen molar-refractivity contribution in [1.29, 1.82) is 0 Å². The molecule has 0 spiro atoms. The van der Waals surface area contributed by atoms with Crippen molar-refractivity contribution in [2.75, 3.05) is 0 Å². The van der Waals surface area contributed by atoms with Gasteiger partial charge in [0.1, 0.15) is 11.2 Å². The van der Waals surface area contributed by atoms with Crippen molar-refractivity contribution in [3.8, 4) is 5.69 Å². The van der Waals surface area contributed by atoms with E-state index in [-0.39, 0.29) is 24.6 Å². The molecular weight excluding hydrogens is 410 g/mol. The van der Waals surface area contributed by atoms with Gasteiger partial charge in [-0.1, -0.05) is 48.0 Å². The van der Waals surface area contributed by atoms with Gasteiger partial charge >= 0.3 is 5.69 Å². The number of thiophene rings is 1. The monoisotopic (exact) mass is 425 g/mol. The van der Waals surface area contributed by atoms with Crippen molar-refractivity contribution in [3.05, 3.63) is 97.5 Å². The third-order valence-corrected chi connectivity index (χ3v) is 5.77. The molecule has 0 saturated carbocycles. The highest BCUT2D eigenvalue weighted by Crippen LogP contribution is 2.17. The number of aromatic nitrogens is 2. The van der Waals surface area contributed by atoms with Gasteiger partial charge < -0.3 is 5.32 Å². The van der Waals surface area contributed by atoms with Crippen LogP contribution in [0, 0.1) is 0 Å². The molecule has 2 aromatic heterocycles. The van der Waals surface area contributed by atoms with Crippen molar-refractivity contribution in [3.63, 3.8) is 0 Å². The SMILES string of the molecule is O=C(Cn1c(=O)n(-c2ccccc2)c(=O)c2sccc21)NCc1ccccc1Cl. The number of hydrogen-bond donors (Lipinski definition) is 1. The molecule has 0 aliphatic carbocycles. The summed E-state index contributed by atoms with van der Waals surface area (Å²) >= 11 is 7.36. The summed E-state index contributed by atoms with van der Waals surface area (Å²) in [6.45, 7) is 0.0436. The number of hydrogen-bond acceptors (Lipinski definition) is 4. The maximum atomic E-state index is 13.1. The lowest BCUT2D eigenvalue weighted by atomic mass is 10.2. The molecule has 0 fully saturated rings. The first-order valence-corrected chi connectivity index (χ1v) is 10.1. The maximum absolute atomic E-state index is 13.1. The number of nitrogens with one attached hydrogen (secondary N) is 1. The molecule has 0 bridgehead atoms. The Balaban J connectivity index is 1.69. The van der Waals surface area contributed by atoms with E-state index in [9.17, 15) is 14.4 Å². The van der Waals surface area contributed by atoms with Gasteiger partial charge in [0, 0.05) is 11.6 Å². The first-order valence-electron chi connectivity index (χ1n) is 8.85. The van der Waals surface area contributed by atoms with Crippen molar-refractivity contribution < 1.29 is 4.79 Å². The fourth-order valence-corrected chi connectivity index (χ4v) is 4.11. The number of benzene rings is 2. The molecule has 29 heavy (non-hydrogen) atoms. The lowest BCUT2D eigenvalue weighted by Gasteiger charge is -2.12. The van der Waals surface area contributed by atoms with Gasteiger partial charge in [-0.05, 0) is 35.2 Å². The Morgan fingerprint density at radius 1 is 1.00 bits per heavy atom. The van der Waals surface area contributed by atoms with Crippen LogP contribution in [0.3, 0.4) is 0 Å². The molecular formula is C21H16ClN3O3S. The number of nitrogens with zero attached hydrogens (tertiary/aromatic N) is 2. The zero-order valence-electron chi connectivity index (χ0n) is 15.2. The molecule has 4 rings (SSSR count). The molecule has 0 unspecified atom stereocenters. The summed E-state index contributed by atoms with van der Waals surface area (Å²) in [5, 5.41) is 5.07. The molecule has 6 nitrogen and oxygen atoms in total. The van der Waals surface area contributed by atoms with Crippen molar-refractivity contribution in [2.24, 2.45) is 0 Å². The van der Waals surface area contributed by atoms with Crippen LogP contribution in [-0.2, 0) is 17.9 Å². The highest BCUT2D eigenvalue weighted by atomic mass is 35.5. The Bertz CT molecular complexity index is 1310. The fourth-order valence-electron chi connectivity index (χ4n) is 3.08. The lowest BCUT2D eigenvalue weighted by molar-refractivity contribution is -0.121. The highest BCUT2D eigenvalue weighted by molar-refractivity contribution is 7.17. The standard InChI is InChI=1S/C21H16ClN3O3S/c22-16-9-5-4-6-14(16)12-23-18(26)13-24-17-10-11-29-19(17)20(27)25(21(24)28)15-7-2-1-3-8-15/h1-11H,12-13H2,(H,23,26). The molecule has 0 radical (unpaired) electrons. The molecule has 1 N–H and O–H groups in total. The summed E-state index contributed by atoms with van der Waals surface area (Å²) in [7, 11) is 0. The second-order valence-corrected chi connectivity index (χ2v) is 7.67. The number of carbonyl (C=O) groups excluding carboxylic acids is 1. The molecule has 4 aromatic rings. The third-order valence-electron chi connectivity index (χ3n) is 4.50. The number of amides is 1. The van der Waals surface area contributed by atoms with E-state index in [0.29, 0.717) is 20.9 Å². The van der Waals surface area contributed by atoms with Crippen molar-refractivity contribution in [1.82, 2.24) is 14.5 Å². The van der Waals surface area contributed by atoms with Crippen LogP contribution < -0.4 is 16.6 Å². The number of halogens is 1. The smallest absolute Gasteiger partial charge is 0.336 e. The van der Waals surface area contributed by atoms with Gasteiger partial charge in [0.15, 0.2) is 0 Å². The summed E-state index contributed by atoms with van der Waals surface area (Å²) in [6.07, 6.45) is 0. The molecule has 2 heterocycles. The molecule has 0 aliphatic rings. The summed E-state index contributed by atoms with van der Waals surface area (Å²) < 4.78 is 2.84. The highest BCUT2D eigenvalue weighted by Gasteiger charge is 2.17. The van der Waals surface area contributed by atoms with Crippen LogP contribution in [0.1, 0.15) is 5.56 Å². The summed E-state index contributed by atoms with van der Waals surface area (Å²) in [5.74, 6) is -0.349. The quantitative estimate of drug-likeness (QED) is 0.533. The van der Waals surface area contributed by atoms with E-state index in [2.05, 4.69) is 5.32 Å². The fraction of sp³-hybridized carbons (Fsp3) is 0.0952. The summed E-state index contributed by atoms with van der Waals surface area (Å²) in [4.78, 5) is 38.5. The van der Waals surface area contributed by atoms with E-state index in [1.807, 2.05) is 18.2 Å². The second-order valence-electron chi connectivity index (χ2n) is 6.35. The van der Waals surface area contributed by atoms with Crippen LogP contribution in [0.25, 0.3) is 15.9 Å². The number of para-hydroxylation sites is 1. The van der Waals surface area contributed by atoms with E-state index in [0.717, 1.165) is 10.1 Å². The molecule has 2 aromatic carbocycles. The predicted molar refractivity (Wildman–Crippen MR) is 115 cm³/mol. The van der Waals surface area contributed by atoms with Gasteiger partial charge in [-0.25, -0.2) is 9.36 Å². The Labute approximate surface area is 174 Å². The van der Waals surface area contributed by atoms with E-state index < -0.39 is 5.69 Å². The van der Waals surface area contributed by atoms with Crippen LogP contribution in [0.4, 0.5) is 0 Å². The molecule has 146 valence electrons. The van der Waals surface area contributed by atoms with Gasteiger partial charge in [0.2, 0.25) is 5.91 Å². The molecule has 0 saturated heterocycles. The number of carbonyl (C=O) groups is 1. The molecule has 0 atom stereocenters. The minimum Gasteiger partial charge on any atom is -0.350 e. The normalized spacial score (nSPS) is 10.9. The minimum absolute atomic E-state index is 0.205. The first kappa shape index (κ1) is 19.2. The van der Waals surface area contributed by atoms with Gasteiger partial charge in [-0.2, -0.15) is 0 Å². The van der Waals surface area contributed by atoms with Crippen LogP contribution >= 0.6 is 22.9 Å². The Kier molecular flexibility index (Phi) is 5.33. The van der Waals surface area contributed by atoms with E-state index in [4.69, 9.17) is 11.6 Å². The van der Waals surface area contributed by atoms with Crippen molar-refractivity contribution >= 4 is 39.1 Å². The van der Waals surface area contributed by atoms with E-state index in [1.54, 1.807) is 47.8 Å². The predicted octanol–water partition coefficient (Wildman–Crippen LogP) is 3.18. The second kappa shape index (κ2) is 8.06. The van der Waals surface area contributed by atoms with Crippen LogP contribution in [0.15, 0.2) is 75.6 Å². The van der Waals surface area contributed by atoms with Crippen molar-refractivity contribution in [2.45, 2.75) is 13.1 Å². The van der Waals surface area contributed by atoms with Gasteiger partial charge in [-0.15, -0.1) is 11.3 Å². The largest absolute Gasteiger partial charge is 0.350 e. The van der Waals surface area contributed by atoms with E-state index in [1.165, 1.54) is 15.9 Å². The van der Waals surface area contributed by atoms with Crippen LogP contribution in [0.2, 0.25) is 5.02 Å². The molecule has 8 heteroatoms. The maximum Gasteiger partial charge on any atom is 0.336 e. The van der Waals surface area contributed by atoms with Gasteiger partial charge in [0.25, 0.3) is 5.56 Å². The Morgan fingerprint density at radius 2 is 1.72 bits per heavy atom. The number of rotatable bonds is 5. The summed E-state index contributed by atoms with van der Waals surface area (Å²) in [5.41, 5.74) is 0.747. The number of fused-ring (bicyclic) bond motifs is 1. The Hall–Kier alpha value is -3.16. The van der Waals surface area contributed by atoms with Crippen LogP contribution in [0.5, 0.6) is 0 Å². The topological polar surface area (TPSA) is 73.1 Å². The third kappa shape index (κ3) is 3.74. The zero-order valence-corrected chi connectivity index (χ0v) is 16.7. The zero-order chi connectivity index (χ0) is 20.4. The summed E-state index contributed by atoms with van der Waals surface area (Å²) in [6, 6.07) is 17.6. The van der Waals surface area contributed by atoms with Crippen LogP contribution in [-0.4, -0.2) is 15.0 Å².